The van der Waals surface area contributed by atoms with Crippen LogP contribution in [0.4, 0.5) is 0 Å². The van der Waals surface area contributed by atoms with Gasteiger partial charge < -0.3 is 5.11 Å². The van der Waals surface area contributed by atoms with Crippen molar-refractivity contribution in [1.29, 1.82) is 0 Å². The van der Waals surface area contributed by atoms with E-state index in [4.69, 9.17) is 0 Å². The van der Waals surface area contributed by atoms with Crippen LogP contribution in [0.3, 0.4) is 0 Å². The largest absolute Gasteiger partial charge is 0.393 e. The highest BCUT2D eigenvalue weighted by atomic mass is 16.3. The van der Waals surface area contributed by atoms with Crippen LogP contribution in [0.5, 0.6) is 0 Å². The summed E-state index contributed by atoms with van der Waals surface area (Å²) in [5.74, 6) is 0.814. The van der Waals surface area contributed by atoms with Crippen molar-refractivity contribution in [2.45, 2.75) is 51.6 Å². The van der Waals surface area contributed by atoms with Crippen molar-refractivity contribution in [3.8, 4) is 0 Å². The van der Waals surface area contributed by atoms with E-state index in [1.54, 1.807) is 0 Å². The fraction of sp³-hybridized carbons (Fsp3) is 0.818. The van der Waals surface area contributed by atoms with Gasteiger partial charge in [0.05, 0.1) is 6.10 Å². The lowest BCUT2D eigenvalue weighted by molar-refractivity contribution is 0.173. The first-order valence-corrected chi connectivity index (χ1v) is 5.17. The molecular weight excluding hydrogens is 148 g/mol. The predicted molar refractivity (Wildman–Crippen MR) is 52.0 cm³/mol. The van der Waals surface area contributed by atoms with E-state index in [-0.39, 0.29) is 6.10 Å². The van der Waals surface area contributed by atoms with E-state index < -0.39 is 0 Å². The van der Waals surface area contributed by atoms with Crippen LogP contribution in [0.15, 0.2) is 12.2 Å². The Morgan fingerprint density at radius 1 is 1.42 bits per heavy atom. The number of allylic oxidation sites excluding steroid dienone is 1. The summed E-state index contributed by atoms with van der Waals surface area (Å²) in [6.45, 7) is 2.02. The summed E-state index contributed by atoms with van der Waals surface area (Å²) < 4.78 is 0. The third-order valence-electron chi connectivity index (χ3n) is 2.69. The maximum atomic E-state index is 9.28. The monoisotopic (exact) mass is 168 g/mol. The Hall–Kier alpha value is -0.300. The molecule has 0 bridgehead atoms. The summed E-state index contributed by atoms with van der Waals surface area (Å²) in [5, 5.41) is 9.28. The van der Waals surface area contributed by atoms with Crippen LogP contribution in [0.25, 0.3) is 0 Å². The molecule has 1 heteroatoms. The average molecular weight is 168 g/mol. The SMILES string of the molecule is CC[C@H](O)C/C=C/C1CCCC1. The second-order valence-electron chi connectivity index (χ2n) is 3.77. The van der Waals surface area contributed by atoms with Gasteiger partial charge in [-0.2, -0.15) is 0 Å². The average Bonchev–Trinajstić information content (AvgIpc) is 2.57. The highest BCUT2D eigenvalue weighted by Gasteiger charge is 2.10. The summed E-state index contributed by atoms with van der Waals surface area (Å²) >= 11 is 0. The number of rotatable bonds is 4. The van der Waals surface area contributed by atoms with Gasteiger partial charge in [-0.05, 0) is 31.6 Å². The molecule has 1 N–H and O–H groups in total. The molecule has 0 unspecified atom stereocenters. The summed E-state index contributed by atoms with van der Waals surface area (Å²) in [5.41, 5.74) is 0. The molecule has 1 aliphatic rings. The van der Waals surface area contributed by atoms with Crippen molar-refractivity contribution < 1.29 is 5.11 Å². The zero-order valence-electron chi connectivity index (χ0n) is 8.00. The quantitative estimate of drug-likeness (QED) is 0.640. The molecule has 1 nitrogen and oxygen atoms in total. The van der Waals surface area contributed by atoms with Gasteiger partial charge in [0.15, 0.2) is 0 Å². The minimum Gasteiger partial charge on any atom is -0.393 e. The summed E-state index contributed by atoms with van der Waals surface area (Å²) in [4.78, 5) is 0. The van der Waals surface area contributed by atoms with Gasteiger partial charge in [0.2, 0.25) is 0 Å². The van der Waals surface area contributed by atoms with Crippen molar-refractivity contribution in [2.24, 2.45) is 5.92 Å². The highest BCUT2D eigenvalue weighted by molar-refractivity contribution is 4.91. The lowest BCUT2D eigenvalue weighted by Crippen LogP contribution is -2.01. The molecule has 1 rings (SSSR count). The van der Waals surface area contributed by atoms with Crippen LogP contribution < -0.4 is 0 Å². The van der Waals surface area contributed by atoms with Crippen molar-refractivity contribution in [2.75, 3.05) is 0 Å². The molecule has 70 valence electrons. The molecule has 0 spiro atoms. The van der Waals surface area contributed by atoms with Gasteiger partial charge in [-0.3, -0.25) is 0 Å². The lowest BCUT2D eigenvalue weighted by atomic mass is 10.1. The smallest absolute Gasteiger partial charge is 0.0572 e. The topological polar surface area (TPSA) is 20.2 Å². The first kappa shape index (κ1) is 9.79. The van der Waals surface area contributed by atoms with E-state index in [2.05, 4.69) is 12.2 Å². The minimum absolute atomic E-state index is 0.123. The highest BCUT2D eigenvalue weighted by Crippen LogP contribution is 2.25. The summed E-state index contributed by atoms with van der Waals surface area (Å²) in [6, 6.07) is 0. The van der Waals surface area contributed by atoms with Crippen LogP contribution >= 0.6 is 0 Å². The van der Waals surface area contributed by atoms with Gasteiger partial charge in [0, 0.05) is 0 Å². The van der Waals surface area contributed by atoms with Gasteiger partial charge in [-0.25, -0.2) is 0 Å². The Balaban J connectivity index is 2.11. The van der Waals surface area contributed by atoms with E-state index in [0.29, 0.717) is 0 Å². The first-order valence-electron chi connectivity index (χ1n) is 5.17. The normalized spacial score (nSPS) is 22.2. The van der Waals surface area contributed by atoms with Crippen molar-refractivity contribution in [3.63, 3.8) is 0 Å². The Morgan fingerprint density at radius 3 is 2.67 bits per heavy atom. The summed E-state index contributed by atoms with van der Waals surface area (Å²) in [7, 11) is 0. The van der Waals surface area contributed by atoms with E-state index in [9.17, 15) is 5.11 Å². The Morgan fingerprint density at radius 2 is 2.08 bits per heavy atom. The second kappa shape index (κ2) is 5.36. The maximum Gasteiger partial charge on any atom is 0.0572 e. The molecule has 1 saturated carbocycles. The lowest BCUT2D eigenvalue weighted by Gasteiger charge is -2.04. The molecular formula is C11H20O. The van der Waals surface area contributed by atoms with Crippen molar-refractivity contribution in [1.82, 2.24) is 0 Å². The number of aliphatic hydroxyl groups is 1. The maximum absolute atomic E-state index is 9.28. The van der Waals surface area contributed by atoms with E-state index in [0.717, 1.165) is 18.8 Å². The zero-order valence-corrected chi connectivity index (χ0v) is 8.00. The molecule has 0 aromatic heterocycles. The van der Waals surface area contributed by atoms with E-state index >= 15 is 0 Å². The van der Waals surface area contributed by atoms with Crippen LogP contribution in [0.2, 0.25) is 0 Å². The minimum atomic E-state index is -0.123. The number of hydrogen-bond acceptors (Lipinski definition) is 1. The molecule has 1 aliphatic carbocycles. The Kier molecular flexibility index (Phi) is 4.37. The van der Waals surface area contributed by atoms with Crippen molar-refractivity contribution >= 4 is 0 Å². The standard InChI is InChI=1S/C11H20O/c1-2-11(12)9-5-8-10-6-3-4-7-10/h5,8,10-12H,2-4,6-7,9H2,1H3/b8-5+/t11-/m0/s1. The predicted octanol–water partition coefficient (Wildman–Crippen LogP) is 2.89. The Labute approximate surface area is 75.5 Å². The fourth-order valence-electron chi connectivity index (χ4n) is 1.74. The molecule has 1 fully saturated rings. The van der Waals surface area contributed by atoms with Gasteiger partial charge in [0.1, 0.15) is 0 Å². The third kappa shape index (κ3) is 3.40. The number of hydrogen-bond donors (Lipinski definition) is 1. The van der Waals surface area contributed by atoms with E-state index in [1.807, 2.05) is 6.92 Å². The third-order valence-corrected chi connectivity index (χ3v) is 2.69. The van der Waals surface area contributed by atoms with Crippen molar-refractivity contribution in [3.05, 3.63) is 12.2 Å². The van der Waals surface area contributed by atoms with Gasteiger partial charge >= 0.3 is 0 Å². The van der Waals surface area contributed by atoms with Gasteiger partial charge in [-0.15, -0.1) is 0 Å². The first-order chi connectivity index (χ1) is 5.83. The number of aliphatic hydroxyl groups excluding tert-OH is 1. The van der Waals surface area contributed by atoms with Gasteiger partial charge in [-0.1, -0.05) is 31.9 Å². The molecule has 0 amide bonds. The van der Waals surface area contributed by atoms with Crippen LogP contribution in [-0.2, 0) is 0 Å². The second-order valence-corrected chi connectivity index (χ2v) is 3.77. The molecule has 0 heterocycles. The summed E-state index contributed by atoms with van der Waals surface area (Å²) in [6.07, 6.45) is 11.6. The molecule has 0 aromatic rings. The van der Waals surface area contributed by atoms with Crippen LogP contribution in [0, 0.1) is 5.92 Å². The Bertz CT molecular complexity index is 134. The fourth-order valence-corrected chi connectivity index (χ4v) is 1.74. The molecule has 12 heavy (non-hydrogen) atoms. The van der Waals surface area contributed by atoms with E-state index in [1.165, 1.54) is 25.7 Å². The van der Waals surface area contributed by atoms with Crippen LogP contribution in [-0.4, -0.2) is 11.2 Å². The van der Waals surface area contributed by atoms with Gasteiger partial charge in [0.25, 0.3) is 0 Å². The molecule has 0 saturated heterocycles. The molecule has 0 radical (unpaired) electrons. The molecule has 0 aliphatic heterocycles. The molecule has 0 aromatic carbocycles. The zero-order chi connectivity index (χ0) is 8.81. The van der Waals surface area contributed by atoms with Crippen LogP contribution in [0.1, 0.15) is 45.4 Å². The molecule has 1 atom stereocenters.